The molecular formula is C26H33Cl2N3O. The highest BCUT2D eigenvalue weighted by atomic mass is 35.5. The van der Waals surface area contributed by atoms with Gasteiger partial charge in [0, 0.05) is 25.6 Å². The smallest absolute Gasteiger partial charge is 0.223 e. The van der Waals surface area contributed by atoms with Crippen molar-refractivity contribution in [1.29, 1.82) is 0 Å². The fraction of sp³-hybridized carbons (Fsp3) is 0.500. The van der Waals surface area contributed by atoms with Gasteiger partial charge in [-0.1, -0.05) is 60.0 Å². The van der Waals surface area contributed by atoms with E-state index < -0.39 is 0 Å². The molecule has 0 saturated carbocycles. The second kappa shape index (κ2) is 11.5. The van der Waals surface area contributed by atoms with E-state index in [9.17, 15) is 4.79 Å². The van der Waals surface area contributed by atoms with Crippen LogP contribution in [0.15, 0.2) is 42.5 Å². The Balaban J connectivity index is 1.18. The molecule has 2 aliphatic rings. The summed E-state index contributed by atoms with van der Waals surface area (Å²) < 4.78 is 0. The van der Waals surface area contributed by atoms with E-state index >= 15 is 0 Å². The second-order valence-corrected chi connectivity index (χ2v) is 9.98. The predicted molar refractivity (Wildman–Crippen MR) is 132 cm³/mol. The minimum Gasteiger partial charge on any atom is -0.352 e. The Kier molecular flexibility index (Phi) is 8.48. The van der Waals surface area contributed by atoms with Crippen molar-refractivity contribution < 1.29 is 4.79 Å². The minimum absolute atomic E-state index is 0.0958. The summed E-state index contributed by atoms with van der Waals surface area (Å²) in [5.74, 6) is 0.273. The number of benzene rings is 2. The summed E-state index contributed by atoms with van der Waals surface area (Å²) in [6.45, 7) is 6.75. The summed E-state index contributed by atoms with van der Waals surface area (Å²) >= 11 is 12.1. The van der Waals surface area contributed by atoms with Gasteiger partial charge in [0.1, 0.15) is 0 Å². The molecule has 0 aliphatic carbocycles. The van der Waals surface area contributed by atoms with Gasteiger partial charge in [0.2, 0.25) is 5.91 Å². The van der Waals surface area contributed by atoms with Gasteiger partial charge < -0.3 is 5.32 Å². The molecule has 4 rings (SSSR count). The van der Waals surface area contributed by atoms with Crippen molar-refractivity contribution >= 4 is 29.1 Å². The van der Waals surface area contributed by atoms with E-state index in [1.54, 1.807) is 0 Å². The number of carbonyl (C=O) groups is 1. The number of piperidine rings is 2. The van der Waals surface area contributed by atoms with E-state index in [1.807, 2.05) is 18.2 Å². The molecule has 2 fully saturated rings. The van der Waals surface area contributed by atoms with E-state index in [0.717, 1.165) is 50.1 Å². The lowest BCUT2D eigenvalue weighted by Crippen LogP contribution is -2.40. The molecule has 172 valence electrons. The van der Waals surface area contributed by atoms with Crippen LogP contribution >= 0.6 is 23.2 Å². The highest BCUT2D eigenvalue weighted by Gasteiger charge is 2.25. The molecule has 0 atom stereocenters. The van der Waals surface area contributed by atoms with Crippen LogP contribution in [-0.2, 0) is 24.4 Å². The van der Waals surface area contributed by atoms with Crippen molar-refractivity contribution in [3.05, 3.63) is 69.2 Å². The molecule has 2 aromatic carbocycles. The average molecular weight is 474 g/mol. The van der Waals surface area contributed by atoms with Crippen molar-refractivity contribution in [2.45, 2.75) is 51.7 Å². The van der Waals surface area contributed by atoms with Crippen LogP contribution in [-0.4, -0.2) is 41.9 Å². The Hall–Kier alpha value is -1.59. The topological polar surface area (TPSA) is 35.6 Å². The van der Waals surface area contributed by atoms with E-state index in [0.29, 0.717) is 16.6 Å². The molecule has 2 heterocycles. The van der Waals surface area contributed by atoms with Gasteiger partial charge >= 0.3 is 0 Å². The maximum atomic E-state index is 12.7. The molecule has 4 nitrogen and oxygen atoms in total. The molecule has 0 aromatic heterocycles. The van der Waals surface area contributed by atoms with E-state index in [2.05, 4.69) is 39.4 Å². The van der Waals surface area contributed by atoms with Crippen molar-refractivity contribution in [3.8, 4) is 0 Å². The maximum Gasteiger partial charge on any atom is 0.223 e. The van der Waals surface area contributed by atoms with Crippen molar-refractivity contribution in [2.75, 3.05) is 26.2 Å². The molecule has 6 heteroatoms. The standard InChI is InChI=1S/C26H33Cl2N3O/c27-24-9-8-22(16-25(24)28)19-31-14-10-23(11-15-31)26(32)29-17-20-4-6-21(7-5-20)18-30-12-2-1-3-13-30/h4-9,16,23H,1-3,10-15,17-19H2,(H,29,32). The summed E-state index contributed by atoms with van der Waals surface area (Å²) in [7, 11) is 0. The van der Waals surface area contributed by atoms with Gasteiger partial charge in [-0.15, -0.1) is 0 Å². The molecule has 1 N–H and O–H groups in total. The first-order valence-electron chi connectivity index (χ1n) is 11.8. The molecule has 2 aliphatic heterocycles. The number of carbonyl (C=O) groups excluding carboxylic acids is 1. The Morgan fingerprint density at radius 1 is 0.781 bits per heavy atom. The van der Waals surface area contributed by atoms with Gasteiger partial charge in [0.05, 0.1) is 10.0 Å². The lowest BCUT2D eigenvalue weighted by Gasteiger charge is -2.31. The number of rotatable bonds is 7. The zero-order valence-corrected chi connectivity index (χ0v) is 20.2. The zero-order valence-electron chi connectivity index (χ0n) is 18.7. The predicted octanol–water partition coefficient (Wildman–Crippen LogP) is 5.51. The van der Waals surface area contributed by atoms with Crippen LogP contribution in [0, 0.1) is 5.92 Å². The molecule has 2 aromatic rings. The number of halogens is 2. The van der Waals surface area contributed by atoms with Gasteiger partial charge in [-0.25, -0.2) is 0 Å². The molecule has 0 spiro atoms. The van der Waals surface area contributed by atoms with E-state index in [-0.39, 0.29) is 11.8 Å². The molecule has 2 saturated heterocycles. The van der Waals surface area contributed by atoms with Crippen LogP contribution in [0.5, 0.6) is 0 Å². The third-order valence-electron chi connectivity index (χ3n) is 6.69. The Morgan fingerprint density at radius 3 is 2.06 bits per heavy atom. The Morgan fingerprint density at radius 2 is 1.38 bits per heavy atom. The number of hydrogen-bond donors (Lipinski definition) is 1. The number of likely N-dealkylation sites (tertiary alicyclic amines) is 2. The van der Waals surface area contributed by atoms with Crippen LogP contribution in [0.25, 0.3) is 0 Å². The van der Waals surface area contributed by atoms with Gasteiger partial charge in [0.25, 0.3) is 0 Å². The number of amides is 1. The highest BCUT2D eigenvalue weighted by Crippen LogP contribution is 2.25. The SMILES string of the molecule is O=C(NCc1ccc(CN2CCCCC2)cc1)C1CCN(Cc2ccc(Cl)c(Cl)c2)CC1. The van der Waals surface area contributed by atoms with Crippen LogP contribution in [0.4, 0.5) is 0 Å². The van der Waals surface area contributed by atoms with E-state index in [1.165, 1.54) is 37.9 Å². The first kappa shape index (κ1) is 23.6. The van der Waals surface area contributed by atoms with Crippen LogP contribution in [0.1, 0.15) is 48.8 Å². The molecule has 32 heavy (non-hydrogen) atoms. The summed E-state index contributed by atoms with van der Waals surface area (Å²) in [5, 5.41) is 4.33. The quantitative estimate of drug-likeness (QED) is 0.575. The monoisotopic (exact) mass is 473 g/mol. The summed E-state index contributed by atoms with van der Waals surface area (Å²) in [6.07, 6.45) is 5.78. The second-order valence-electron chi connectivity index (χ2n) is 9.17. The van der Waals surface area contributed by atoms with Gasteiger partial charge in [0.15, 0.2) is 0 Å². The maximum absolute atomic E-state index is 12.7. The lowest BCUT2D eigenvalue weighted by atomic mass is 9.95. The fourth-order valence-corrected chi connectivity index (χ4v) is 5.04. The number of hydrogen-bond acceptors (Lipinski definition) is 3. The first-order chi connectivity index (χ1) is 15.6. The third kappa shape index (κ3) is 6.71. The highest BCUT2D eigenvalue weighted by molar-refractivity contribution is 6.42. The van der Waals surface area contributed by atoms with Crippen LogP contribution in [0.3, 0.4) is 0 Å². The van der Waals surface area contributed by atoms with Gasteiger partial charge in [-0.3, -0.25) is 14.6 Å². The molecular weight excluding hydrogens is 441 g/mol. The Labute approximate surface area is 201 Å². The van der Waals surface area contributed by atoms with E-state index in [4.69, 9.17) is 23.2 Å². The van der Waals surface area contributed by atoms with Crippen LogP contribution in [0.2, 0.25) is 10.0 Å². The molecule has 0 unspecified atom stereocenters. The van der Waals surface area contributed by atoms with Crippen LogP contribution < -0.4 is 5.32 Å². The third-order valence-corrected chi connectivity index (χ3v) is 7.43. The average Bonchev–Trinajstić information content (AvgIpc) is 2.82. The fourth-order valence-electron chi connectivity index (χ4n) is 4.72. The molecule has 0 bridgehead atoms. The van der Waals surface area contributed by atoms with Gasteiger partial charge in [-0.05, 0) is 80.7 Å². The minimum atomic E-state index is 0.0958. The zero-order chi connectivity index (χ0) is 22.3. The normalized spacial score (nSPS) is 18.6. The number of nitrogens with one attached hydrogen (secondary N) is 1. The first-order valence-corrected chi connectivity index (χ1v) is 12.6. The van der Waals surface area contributed by atoms with Crippen molar-refractivity contribution in [3.63, 3.8) is 0 Å². The number of nitrogens with zero attached hydrogens (tertiary/aromatic N) is 2. The van der Waals surface area contributed by atoms with Crippen molar-refractivity contribution in [1.82, 2.24) is 15.1 Å². The molecule has 0 radical (unpaired) electrons. The summed E-state index contributed by atoms with van der Waals surface area (Å²) in [6, 6.07) is 14.5. The lowest BCUT2D eigenvalue weighted by molar-refractivity contribution is -0.126. The largest absolute Gasteiger partial charge is 0.352 e. The van der Waals surface area contributed by atoms with Crippen molar-refractivity contribution in [2.24, 2.45) is 5.92 Å². The molecule has 1 amide bonds. The summed E-state index contributed by atoms with van der Waals surface area (Å²) in [5.41, 5.74) is 3.68. The Bertz CT molecular complexity index is 888. The van der Waals surface area contributed by atoms with Gasteiger partial charge in [-0.2, -0.15) is 0 Å². The summed E-state index contributed by atoms with van der Waals surface area (Å²) in [4.78, 5) is 17.6.